The SMILES string of the molecule is Cc1cc(Oc2cccc(F)c2F)ccc1-n1ncc(C(=O)c2cc3c(-n4cccn4)cccc3[nH]2)c1N. The van der Waals surface area contributed by atoms with Gasteiger partial charge in [0.2, 0.25) is 11.6 Å². The second-order valence-electron chi connectivity index (χ2n) is 8.66. The third kappa shape index (κ3) is 3.88. The van der Waals surface area contributed by atoms with Gasteiger partial charge in [-0.15, -0.1) is 0 Å². The number of aromatic amines is 1. The van der Waals surface area contributed by atoms with Crippen LogP contribution in [0.1, 0.15) is 21.6 Å². The van der Waals surface area contributed by atoms with Crippen molar-refractivity contribution >= 4 is 22.5 Å². The molecule has 10 heteroatoms. The molecule has 0 saturated carbocycles. The summed E-state index contributed by atoms with van der Waals surface area (Å²) in [5.41, 5.74) is 9.89. The van der Waals surface area contributed by atoms with Gasteiger partial charge in [0.15, 0.2) is 11.6 Å². The summed E-state index contributed by atoms with van der Waals surface area (Å²) in [5.74, 6) is -2.13. The number of H-pyrrole nitrogens is 1. The average molecular weight is 511 g/mol. The van der Waals surface area contributed by atoms with Crippen LogP contribution in [0.3, 0.4) is 0 Å². The van der Waals surface area contributed by atoms with Crippen LogP contribution in [0.15, 0.2) is 85.3 Å². The molecule has 0 aliphatic heterocycles. The Morgan fingerprint density at radius 1 is 1.00 bits per heavy atom. The Morgan fingerprint density at radius 3 is 2.63 bits per heavy atom. The number of aryl methyl sites for hydroxylation is 1. The molecule has 0 aliphatic carbocycles. The lowest BCUT2D eigenvalue weighted by Gasteiger charge is -2.12. The van der Waals surface area contributed by atoms with E-state index >= 15 is 0 Å². The summed E-state index contributed by atoms with van der Waals surface area (Å²) in [4.78, 5) is 16.6. The van der Waals surface area contributed by atoms with Crippen LogP contribution in [0.2, 0.25) is 0 Å². The van der Waals surface area contributed by atoms with Crippen molar-refractivity contribution in [2.75, 3.05) is 5.73 Å². The zero-order valence-corrected chi connectivity index (χ0v) is 20.0. The van der Waals surface area contributed by atoms with Gasteiger partial charge in [-0.1, -0.05) is 12.1 Å². The van der Waals surface area contributed by atoms with E-state index in [1.165, 1.54) is 23.0 Å². The van der Waals surface area contributed by atoms with Gasteiger partial charge in [0.1, 0.15) is 11.6 Å². The second-order valence-corrected chi connectivity index (χ2v) is 8.66. The molecule has 0 unspecified atom stereocenters. The van der Waals surface area contributed by atoms with Gasteiger partial charge in [0.05, 0.1) is 28.8 Å². The number of nitrogens with one attached hydrogen (secondary N) is 1. The van der Waals surface area contributed by atoms with Crippen LogP contribution in [0.5, 0.6) is 11.5 Å². The third-order valence-corrected chi connectivity index (χ3v) is 6.23. The van der Waals surface area contributed by atoms with E-state index in [0.717, 1.165) is 22.7 Å². The molecule has 6 aromatic rings. The number of anilines is 1. The number of fused-ring (bicyclic) bond motifs is 1. The Hall–Kier alpha value is -5.25. The number of rotatable bonds is 6. The quantitative estimate of drug-likeness (QED) is 0.279. The van der Waals surface area contributed by atoms with Crippen molar-refractivity contribution in [2.24, 2.45) is 0 Å². The van der Waals surface area contributed by atoms with E-state index in [1.54, 1.807) is 42.1 Å². The zero-order valence-electron chi connectivity index (χ0n) is 20.0. The van der Waals surface area contributed by atoms with Crippen molar-refractivity contribution < 1.29 is 18.3 Å². The number of ketones is 1. The van der Waals surface area contributed by atoms with E-state index < -0.39 is 11.6 Å². The smallest absolute Gasteiger partial charge is 0.214 e. The van der Waals surface area contributed by atoms with Crippen LogP contribution < -0.4 is 10.5 Å². The summed E-state index contributed by atoms with van der Waals surface area (Å²) in [6.07, 6.45) is 4.94. The lowest BCUT2D eigenvalue weighted by Crippen LogP contribution is -2.08. The van der Waals surface area contributed by atoms with Gasteiger partial charge < -0.3 is 15.5 Å². The molecule has 0 saturated heterocycles. The summed E-state index contributed by atoms with van der Waals surface area (Å²) in [6.45, 7) is 1.79. The van der Waals surface area contributed by atoms with Crippen molar-refractivity contribution in [1.82, 2.24) is 24.5 Å². The largest absolute Gasteiger partial charge is 0.454 e. The molecule has 3 N–H and O–H groups in total. The topological polar surface area (TPSA) is 104 Å². The summed E-state index contributed by atoms with van der Waals surface area (Å²) < 4.78 is 36.2. The molecule has 0 atom stereocenters. The number of ether oxygens (including phenoxy) is 1. The number of nitrogen functional groups attached to an aromatic ring is 1. The fraction of sp³-hybridized carbons (Fsp3) is 0.0357. The Kier molecular flexibility index (Phi) is 5.49. The lowest BCUT2D eigenvalue weighted by atomic mass is 10.1. The highest BCUT2D eigenvalue weighted by molar-refractivity contribution is 6.13. The van der Waals surface area contributed by atoms with Gasteiger partial charge in [-0.05, 0) is 67.1 Å². The monoisotopic (exact) mass is 510 g/mol. The van der Waals surface area contributed by atoms with Gasteiger partial charge >= 0.3 is 0 Å². The minimum absolute atomic E-state index is 0.161. The van der Waals surface area contributed by atoms with E-state index in [9.17, 15) is 13.6 Å². The van der Waals surface area contributed by atoms with Gasteiger partial charge in [-0.25, -0.2) is 13.8 Å². The first-order chi connectivity index (χ1) is 18.4. The van der Waals surface area contributed by atoms with Crippen molar-refractivity contribution in [3.8, 4) is 22.9 Å². The molecule has 0 amide bonds. The minimum Gasteiger partial charge on any atom is -0.454 e. The van der Waals surface area contributed by atoms with E-state index in [-0.39, 0.29) is 22.9 Å². The average Bonchev–Trinajstić information content (AvgIpc) is 3.67. The van der Waals surface area contributed by atoms with Crippen molar-refractivity contribution in [3.63, 3.8) is 0 Å². The van der Waals surface area contributed by atoms with E-state index in [1.807, 2.05) is 30.5 Å². The highest BCUT2D eigenvalue weighted by atomic mass is 19.2. The molecule has 3 aromatic heterocycles. The molecule has 0 radical (unpaired) electrons. The molecule has 3 heterocycles. The van der Waals surface area contributed by atoms with Crippen LogP contribution in [0.25, 0.3) is 22.3 Å². The molecule has 3 aromatic carbocycles. The number of benzene rings is 3. The maximum Gasteiger partial charge on any atom is 0.214 e. The maximum atomic E-state index is 14.0. The molecule has 38 heavy (non-hydrogen) atoms. The summed E-state index contributed by atoms with van der Waals surface area (Å²) in [7, 11) is 0. The molecule has 0 fully saturated rings. The number of hydrogen-bond acceptors (Lipinski definition) is 5. The van der Waals surface area contributed by atoms with Gasteiger partial charge in [0, 0.05) is 23.3 Å². The fourth-order valence-corrected chi connectivity index (χ4v) is 4.36. The molecular weight excluding hydrogens is 490 g/mol. The summed E-state index contributed by atoms with van der Waals surface area (Å²) >= 11 is 0. The number of carbonyl (C=O) groups is 1. The number of aromatic nitrogens is 5. The number of carbonyl (C=O) groups excluding carboxylic acids is 1. The highest BCUT2D eigenvalue weighted by Crippen LogP contribution is 2.30. The number of nitrogens with two attached hydrogens (primary N) is 1. The molecule has 0 spiro atoms. The van der Waals surface area contributed by atoms with Crippen LogP contribution in [0.4, 0.5) is 14.6 Å². The fourth-order valence-electron chi connectivity index (χ4n) is 4.36. The highest BCUT2D eigenvalue weighted by Gasteiger charge is 2.21. The van der Waals surface area contributed by atoms with Crippen molar-refractivity contribution in [2.45, 2.75) is 6.92 Å². The predicted molar refractivity (Wildman–Crippen MR) is 138 cm³/mol. The van der Waals surface area contributed by atoms with Crippen LogP contribution in [0, 0.1) is 18.6 Å². The molecule has 8 nitrogen and oxygen atoms in total. The molecule has 6 rings (SSSR count). The number of nitrogens with zero attached hydrogens (tertiary/aromatic N) is 4. The summed E-state index contributed by atoms with van der Waals surface area (Å²) in [5, 5.41) is 9.46. The van der Waals surface area contributed by atoms with E-state index in [2.05, 4.69) is 15.2 Å². The Labute approximate surface area is 214 Å². The minimum atomic E-state index is -1.07. The van der Waals surface area contributed by atoms with Crippen LogP contribution in [-0.4, -0.2) is 30.3 Å². The third-order valence-electron chi connectivity index (χ3n) is 6.23. The molecule has 0 aliphatic rings. The molecular formula is C28H20F2N6O2. The van der Waals surface area contributed by atoms with E-state index in [4.69, 9.17) is 10.5 Å². The predicted octanol–water partition coefficient (Wildman–Crippen LogP) is 5.73. The zero-order chi connectivity index (χ0) is 26.4. The standard InChI is InChI=1S/C28H20F2N6O2/c1-16-13-17(38-25-8-2-5-20(29)26(25)30)9-10-23(16)36-28(31)19(15-33-36)27(37)22-14-18-21(34-22)6-3-7-24(18)35-12-4-11-32-35/h2-15,34H,31H2,1H3. The maximum absolute atomic E-state index is 14.0. The van der Waals surface area contributed by atoms with Gasteiger partial charge in [0.25, 0.3) is 0 Å². The van der Waals surface area contributed by atoms with Crippen LogP contribution >= 0.6 is 0 Å². The van der Waals surface area contributed by atoms with Crippen LogP contribution in [-0.2, 0) is 0 Å². The molecule has 0 bridgehead atoms. The Balaban J connectivity index is 1.30. The lowest BCUT2D eigenvalue weighted by molar-refractivity contribution is 0.103. The van der Waals surface area contributed by atoms with Gasteiger partial charge in [-0.3, -0.25) is 4.79 Å². The normalized spacial score (nSPS) is 11.2. The Morgan fingerprint density at radius 2 is 1.84 bits per heavy atom. The summed E-state index contributed by atoms with van der Waals surface area (Å²) in [6, 6.07) is 17.9. The first-order valence-electron chi connectivity index (χ1n) is 11.6. The second kappa shape index (κ2) is 9.00. The van der Waals surface area contributed by atoms with E-state index in [0.29, 0.717) is 22.7 Å². The first kappa shape index (κ1) is 23.2. The Bertz CT molecular complexity index is 1820. The van der Waals surface area contributed by atoms with Gasteiger partial charge in [-0.2, -0.15) is 14.6 Å². The number of hydrogen-bond donors (Lipinski definition) is 2. The van der Waals surface area contributed by atoms with Crippen molar-refractivity contribution in [3.05, 3.63) is 114 Å². The van der Waals surface area contributed by atoms with Crippen molar-refractivity contribution in [1.29, 1.82) is 0 Å². The number of halogens is 2. The molecule has 188 valence electrons. The first-order valence-corrected chi connectivity index (χ1v) is 11.6.